The summed E-state index contributed by atoms with van der Waals surface area (Å²) in [5.41, 5.74) is 3.15. The Labute approximate surface area is 154 Å². The van der Waals surface area contributed by atoms with Crippen molar-refractivity contribution in [3.05, 3.63) is 77.4 Å². The molecule has 130 valence electrons. The van der Waals surface area contributed by atoms with Gasteiger partial charge in [0.05, 0.1) is 17.2 Å². The van der Waals surface area contributed by atoms with Gasteiger partial charge in [-0.2, -0.15) is 5.26 Å². The van der Waals surface area contributed by atoms with E-state index >= 15 is 0 Å². The summed E-state index contributed by atoms with van der Waals surface area (Å²) in [4.78, 5) is 31.7. The number of aromatic amines is 1. The number of hydrogen-bond donors (Lipinski definition) is 3. The number of carbonyl (C=O) groups is 2. The number of nitriles is 1. The summed E-state index contributed by atoms with van der Waals surface area (Å²) in [6.07, 6.45) is 4.93. The number of aromatic nitrogens is 2. The van der Waals surface area contributed by atoms with Crippen molar-refractivity contribution in [1.82, 2.24) is 9.97 Å². The lowest BCUT2D eigenvalue weighted by atomic mass is 10.1. The molecule has 1 aliphatic heterocycles. The number of nitrogens with zero attached hydrogens (tertiary/aromatic N) is 2. The fraction of sp³-hybridized carbons (Fsp3) is 0. The highest BCUT2D eigenvalue weighted by molar-refractivity contribution is 6.35. The molecule has 0 saturated heterocycles. The molecule has 7 nitrogen and oxygen atoms in total. The first-order valence-corrected chi connectivity index (χ1v) is 8.12. The van der Waals surface area contributed by atoms with Crippen LogP contribution in [0.3, 0.4) is 0 Å². The molecule has 0 radical (unpaired) electrons. The van der Waals surface area contributed by atoms with Gasteiger partial charge in [-0.3, -0.25) is 9.59 Å². The molecule has 4 rings (SSSR count). The molecule has 7 heteroatoms. The second kappa shape index (κ2) is 6.61. The molecular weight excluding hydrogens is 342 g/mol. The molecule has 2 amide bonds. The number of carbonyl (C=O) groups excluding carboxylic acids is 2. The Morgan fingerprint density at radius 1 is 1.22 bits per heavy atom. The Kier molecular flexibility index (Phi) is 3.99. The predicted octanol–water partition coefficient (Wildman–Crippen LogP) is 3.03. The molecule has 0 spiro atoms. The first-order chi connectivity index (χ1) is 13.1. The second-order valence-corrected chi connectivity index (χ2v) is 5.89. The van der Waals surface area contributed by atoms with Gasteiger partial charge in [-0.15, -0.1) is 0 Å². The summed E-state index contributed by atoms with van der Waals surface area (Å²) in [5.74, 6) is 0.00301. The van der Waals surface area contributed by atoms with Crippen molar-refractivity contribution in [2.24, 2.45) is 0 Å². The number of amides is 2. The molecule has 0 fully saturated rings. The van der Waals surface area contributed by atoms with E-state index in [-0.39, 0.29) is 11.8 Å². The van der Waals surface area contributed by atoms with E-state index in [1.807, 2.05) is 6.07 Å². The molecule has 27 heavy (non-hydrogen) atoms. The normalized spacial score (nSPS) is 13.7. The summed E-state index contributed by atoms with van der Waals surface area (Å²) in [5, 5.41) is 14.5. The van der Waals surface area contributed by atoms with Crippen LogP contribution in [0.15, 0.2) is 54.9 Å². The van der Waals surface area contributed by atoms with E-state index in [1.165, 1.54) is 6.07 Å². The average Bonchev–Trinajstić information content (AvgIpc) is 3.30. The van der Waals surface area contributed by atoms with E-state index in [0.717, 1.165) is 0 Å². The van der Waals surface area contributed by atoms with Gasteiger partial charge in [0.2, 0.25) is 0 Å². The van der Waals surface area contributed by atoms with Gasteiger partial charge >= 0.3 is 0 Å². The van der Waals surface area contributed by atoms with E-state index in [4.69, 9.17) is 5.26 Å². The molecule has 1 aromatic heterocycles. The monoisotopic (exact) mass is 355 g/mol. The Bertz CT molecular complexity index is 1120. The summed E-state index contributed by atoms with van der Waals surface area (Å²) >= 11 is 0. The standard InChI is InChI=1S/C20H13N5O2/c21-11-12-2-1-3-13(8-12)19(26)24-14-4-5-17-15(9-14)16(20(27)25-17)10-18-22-6-7-23-18/h1-10H,(H,22,23)(H,24,26)(H,25,27)/b16-10-. The largest absolute Gasteiger partial charge is 0.345 e. The van der Waals surface area contributed by atoms with Gasteiger partial charge in [-0.1, -0.05) is 6.07 Å². The van der Waals surface area contributed by atoms with E-state index in [2.05, 4.69) is 20.6 Å². The minimum Gasteiger partial charge on any atom is -0.345 e. The smallest absolute Gasteiger partial charge is 0.256 e. The van der Waals surface area contributed by atoms with Crippen LogP contribution in [0.25, 0.3) is 11.6 Å². The van der Waals surface area contributed by atoms with Gasteiger partial charge in [-0.25, -0.2) is 4.98 Å². The highest BCUT2D eigenvalue weighted by atomic mass is 16.2. The molecule has 2 aromatic carbocycles. The van der Waals surface area contributed by atoms with Crippen molar-refractivity contribution in [3.63, 3.8) is 0 Å². The van der Waals surface area contributed by atoms with E-state index in [1.54, 1.807) is 54.9 Å². The van der Waals surface area contributed by atoms with E-state index in [0.29, 0.717) is 39.5 Å². The lowest BCUT2D eigenvalue weighted by molar-refractivity contribution is -0.110. The van der Waals surface area contributed by atoms with Crippen molar-refractivity contribution in [1.29, 1.82) is 5.26 Å². The van der Waals surface area contributed by atoms with Crippen LogP contribution in [0, 0.1) is 11.3 Å². The van der Waals surface area contributed by atoms with Crippen LogP contribution in [-0.4, -0.2) is 21.8 Å². The van der Waals surface area contributed by atoms with Crippen LogP contribution in [0.5, 0.6) is 0 Å². The molecule has 3 aromatic rings. The quantitative estimate of drug-likeness (QED) is 0.627. The Morgan fingerprint density at radius 2 is 2.11 bits per heavy atom. The molecule has 1 aliphatic rings. The number of hydrogen-bond acceptors (Lipinski definition) is 4. The lowest BCUT2D eigenvalue weighted by Gasteiger charge is -2.07. The summed E-state index contributed by atoms with van der Waals surface area (Å²) in [6, 6.07) is 13.6. The maximum atomic E-state index is 12.5. The van der Waals surface area contributed by atoms with Crippen LogP contribution in [0.4, 0.5) is 11.4 Å². The lowest BCUT2D eigenvalue weighted by Crippen LogP contribution is -2.12. The molecule has 2 heterocycles. The Morgan fingerprint density at radius 3 is 2.89 bits per heavy atom. The molecular formula is C20H13N5O2. The summed E-state index contributed by atoms with van der Waals surface area (Å²) in [7, 11) is 0. The minimum atomic E-state index is -0.333. The first kappa shape index (κ1) is 16.3. The fourth-order valence-corrected chi connectivity index (χ4v) is 2.84. The molecule has 0 saturated carbocycles. The molecule has 0 atom stereocenters. The first-order valence-electron chi connectivity index (χ1n) is 8.12. The second-order valence-electron chi connectivity index (χ2n) is 5.89. The summed E-state index contributed by atoms with van der Waals surface area (Å²) in [6.45, 7) is 0. The number of H-pyrrole nitrogens is 1. The topological polar surface area (TPSA) is 111 Å². The van der Waals surface area contributed by atoms with Crippen LogP contribution in [-0.2, 0) is 4.79 Å². The molecule has 3 N–H and O–H groups in total. The van der Waals surface area contributed by atoms with Gasteiger partial charge in [0, 0.05) is 34.9 Å². The average molecular weight is 355 g/mol. The van der Waals surface area contributed by atoms with Crippen molar-refractivity contribution >= 4 is 34.8 Å². The number of anilines is 2. The van der Waals surface area contributed by atoms with Gasteiger partial charge < -0.3 is 15.6 Å². The predicted molar refractivity (Wildman–Crippen MR) is 101 cm³/mol. The van der Waals surface area contributed by atoms with Gasteiger partial charge in [0.1, 0.15) is 5.82 Å². The fourth-order valence-electron chi connectivity index (χ4n) is 2.84. The van der Waals surface area contributed by atoms with Crippen LogP contribution in [0.2, 0.25) is 0 Å². The molecule has 0 unspecified atom stereocenters. The number of nitrogens with one attached hydrogen (secondary N) is 3. The highest BCUT2D eigenvalue weighted by Crippen LogP contribution is 2.34. The van der Waals surface area contributed by atoms with Crippen LogP contribution < -0.4 is 10.6 Å². The van der Waals surface area contributed by atoms with Gasteiger partial charge in [0.15, 0.2) is 0 Å². The summed E-state index contributed by atoms with van der Waals surface area (Å²) < 4.78 is 0. The number of fused-ring (bicyclic) bond motifs is 1. The molecule has 0 bridgehead atoms. The zero-order valence-corrected chi connectivity index (χ0v) is 14.0. The Hall–Kier alpha value is -4.18. The van der Waals surface area contributed by atoms with E-state index < -0.39 is 0 Å². The zero-order valence-electron chi connectivity index (χ0n) is 14.0. The van der Waals surface area contributed by atoms with Crippen molar-refractivity contribution < 1.29 is 9.59 Å². The van der Waals surface area contributed by atoms with Gasteiger partial charge in [-0.05, 0) is 42.5 Å². The van der Waals surface area contributed by atoms with Crippen LogP contribution in [0.1, 0.15) is 27.3 Å². The van der Waals surface area contributed by atoms with Crippen LogP contribution >= 0.6 is 0 Å². The number of rotatable bonds is 3. The molecule has 0 aliphatic carbocycles. The van der Waals surface area contributed by atoms with Gasteiger partial charge in [0.25, 0.3) is 11.8 Å². The van der Waals surface area contributed by atoms with E-state index in [9.17, 15) is 9.59 Å². The third-order valence-electron chi connectivity index (χ3n) is 4.11. The maximum absolute atomic E-state index is 12.5. The zero-order chi connectivity index (χ0) is 18.8. The third kappa shape index (κ3) is 3.19. The number of imidazole rings is 1. The highest BCUT2D eigenvalue weighted by Gasteiger charge is 2.25. The van der Waals surface area contributed by atoms with Crippen molar-refractivity contribution in [3.8, 4) is 6.07 Å². The minimum absolute atomic E-state index is 0.230. The van der Waals surface area contributed by atoms with Crippen molar-refractivity contribution in [2.45, 2.75) is 0 Å². The SMILES string of the molecule is N#Cc1cccc(C(=O)Nc2ccc3c(c2)/C(=C/c2ncc[nH]2)C(=O)N3)c1. The number of benzene rings is 2. The third-order valence-corrected chi connectivity index (χ3v) is 4.11. The Balaban J connectivity index is 1.63. The maximum Gasteiger partial charge on any atom is 0.256 e. The van der Waals surface area contributed by atoms with Crippen molar-refractivity contribution in [2.75, 3.05) is 10.6 Å².